The predicted molar refractivity (Wildman–Crippen MR) is 72.4 cm³/mol. The number of carbonyl (C=O) groups is 1. The Morgan fingerprint density at radius 1 is 1.45 bits per heavy atom. The first-order valence-electron chi connectivity index (χ1n) is 6.82. The van der Waals surface area contributed by atoms with Gasteiger partial charge >= 0.3 is 0 Å². The van der Waals surface area contributed by atoms with Crippen LogP contribution in [0.2, 0.25) is 0 Å². The van der Waals surface area contributed by atoms with Gasteiger partial charge < -0.3 is 15.2 Å². The molecule has 0 radical (unpaired) electrons. The van der Waals surface area contributed by atoms with Crippen molar-refractivity contribution in [2.75, 3.05) is 7.11 Å². The second-order valence-electron chi connectivity index (χ2n) is 5.28. The van der Waals surface area contributed by atoms with Gasteiger partial charge in [-0.25, -0.2) is 4.39 Å². The van der Waals surface area contributed by atoms with Gasteiger partial charge in [0.2, 0.25) is 0 Å². The molecule has 0 saturated heterocycles. The number of nitrogens with one attached hydrogen (secondary N) is 1. The third-order valence-electron chi connectivity index (χ3n) is 3.72. The van der Waals surface area contributed by atoms with Crippen molar-refractivity contribution in [2.45, 2.75) is 44.4 Å². The van der Waals surface area contributed by atoms with E-state index in [1.54, 1.807) is 12.1 Å². The molecule has 4 nitrogen and oxygen atoms in total. The first-order chi connectivity index (χ1) is 9.55. The highest BCUT2D eigenvalue weighted by Crippen LogP contribution is 2.29. The van der Waals surface area contributed by atoms with Gasteiger partial charge in [-0.15, -0.1) is 0 Å². The molecule has 0 unspecified atom stereocenters. The van der Waals surface area contributed by atoms with E-state index < -0.39 is 5.60 Å². The summed E-state index contributed by atoms with van der Waals surface area (Å²) >= 11 is 0. The Labute approximate surface area is 117 Å². The third kappa shape index (κ3) is 3.35. The topological polar surface area (TPSA) is 58.6 Å². The van der Waals surface area contributed by atoms with Gasteiger partial charge in [0.1, 0.15) is 11.4 Å². The van der Waals surface area contributed by atoms with Crippen molar-refractivity contribution in [1.29, 1.82) is 0 Å². The van der Waals surface area contributed by atoms with Gasteiger partial charge in [0.15, 0.2) is 0 Å². The predicted octanol–water partition coefficient (Wildman–Crippen LogP) is 1.89. The zero-order valence-electron chi connectivity index (χ0n) is 11.6. The molecule has 0 spiro atoms. The molecule has 1 aromatic carbocycles. The number of benzene rings is 1. The summed E-state index contributed by atoms with van der Waals surface area (Å²) in [5, 5.41) is 12.8. The number of methoxy groups -OCH3 is 1. The van der Waals surface area contributed by atoms with E-state index in [-0.39, 0.29) is 24.9 Å². The van der Waals surface area contributed by atoms with Gasteiger partial charge in [-0.3, -0.25) is 4.79 Å². The zero-order chi connectivity index (χ0) is 14.6. The van der Waals surface area contributed by atoms with Gasteiger partial charge in [0, 0.05) is 19.2 Å². The molecule has 110 valence electrons. The van der Waals surface area contributed by atoms with Crippen LogP contribution in [0.3, 0.4) is 0 Å². The van der Waals surface area contributed by atoms with Crippen LogP contribution in [-0.4, -0.2) is 23.7 Å². The Kier molecular flexibility index (Phi) is 4.73. The van der Waals surface area contributed by atoms with Crippen molar-refractivity contribution in [2.24, 2.45) is 0 Å². The van der Waals surface area contributed by atoms with Gasteiger partial charge in [0.25, 0.3) is 5.91 Å². The number of ether oxygens (including phenoxy) is 1. The molecule has 0 bridgehead atoms. The molecule has 1 saturated carbocycles. The standard InChI is InChI=1S/C15H20FNO3/c1-20-10-12-8-11(4-5-13(12)16)9-17-14(18)15(19)6-2-3-7-15/h4-5,8,19H,2-3,6-7,9-10H2,1H3,(H,17,18). The maximum absolute atomic E-state index is 13.5. The number of aliphatic hydroxyl groups is 1. The Hall–Kier alpha value is -1.46. The summed E-state index contributed by atoms with van der Waals surface area (Å²) in [7, 11) is 1.50. The van der Waals surface area contributed by atoms with Crippen LogP contribution in [0.5, 0.6) is 0 Å². The number of halogens is 1. The third-order valence-corrected chi connectivity index (χ3v) is 3.72. The van der Waals surface area contributed by atoms with E-state index in [4.69, 9.17) is 4.74 Å². The van der Waals surface area contributed by atoms with Crippen LogP contribution >= 0.6 is 0 Å². The van der Waals surface area contributed by atoms with Gasteiger partial charge in [-0.1, -0.05) is 6.07 Å². The fraction of sp³-hybridized carbons (Fsp3) is 0.533. The summed E-state index contributed by atoms with van der Waals surface area (Å²) in [4.78, 5) is 12.0. The SMILES string of the molecule is COCc1cc(CNC(=O)C2(O)CCCC2)ccc1F. The minimum atomic E-state index is -1.23. The highest BCUT2D eigenvalue weighted by Gasteiger charge is 2.38. The van der Waals surface area contributed by atoms with Crippen LogP contribution in [0.1, 0.15) is 36.8 Å². The highest BCUT2D eigenvalue weighted by atomic mass is 19.1. The second kappa shape index (κ2) is 6.33. The fourth-order valence-corrected chi connectivity index (χ4v) is 2.54. The molecule has 1 fully saturated rings. The highest BCUT2D eigenvalue weighted by molar-refractivity contribution is 5.85. The van der Waals surface area contributed by atoms with Gasteiger partial charge in [0.05, 0.1) is 6.61 Å². The van der Waals surface area contributed by atoms with Crippen molar-refractivity contribution in [3.8, 4) is 0 Å². The Balaban J connectivity index is 1.97. The molecule has 2 rings (SSSR count). The molecule has 20 heavy (non-hydrogen) atoms. The van der Waals surface area contributed by atoms with E-state index in [1.807, 2.05) is 0 Å². The number of amides is 1. The summed E-state index contributed by atoms with van der Waals surface area (Å²) in [5.74, 6) is -0.663. The van der Waals surface area contributed by atoms with Crippen LogP contribution in [0, 0.1) is 5.82 Å². The second-order valence-corrected chi connectivity index (χ2v) is 5.28. The molecule has 0 heterocycles. The van der Waals surface area contributed by atoms with Crippen molar-refractivity contribution >= 4 is 5.91 Å². The largest absolute Gasteiger partial charge is 0.380 e. The summed E-state index contributed by atoms with van der Waals surface area (Å²) in [6.07, 6.45) is 2.77. The van der Waals surface area contributed by atoms with E-state index in [1.165, 1.54) is 13.2 Å². The summed E-state index contributed by atoms with van der Waals surface area (Å²) < 4.78 is 18.4. The Morgan fingerprint density at radius 2 is 2.15 bits per heavy atom. The van der Waals surface area contributed by atoms with E-state index in [9.17, 15) is 14.3 Å². The van der Waals surface area contributed by atoms with Crippen LogP contribution < -0.4 is 5.32 Å². The van der Waals surface area contributed by atoms with Gasteiger partial charge in [-0.2, -0.15) is 0 Å². The maximum Gasteiger partial charge on any atom is 0.252 e. The maximum atomic E-state index is 13.5. The molecule has 0 aliphatic heterocycles. The van der Waals surface area contributed by atoms with E-state index >= 15 is 0 Å². The minimum absolute atomic E-state index is 0.192. The molecule has 1 aliphatic rings. The quantitative estimate of drug-likeness (QED) is 0.866. The summed E-state index contributed by atoms with van der Waals surface area (Å²) in [5.41, 5.74) is 0.0160. The average Bonchev–Trinajstić information content (AvgIpc) is 2.88. The molecule has 2 N–H and O–H groups in total. The lowest BCUT2D eigenvalue weighted by Gasteiger charge is -2.21. The monoisotopic (exact) mass is 281 g/mol. The van der Waals surface area contributed by atoms with Crippen LogP contribution in [0.15, 0.2) is 18.2 Å². The molecular weight excluding hydrogens is 261 g/mol. The lowest BCUT2D eigenvalue weighted by Crippen LogP contribution is -2.44. The van der Waals surface area contributed by atoms with E-state index in [0.29, 0.717) is 18.4 Å². The summed E-state index contributed by atoms with van der Waals surface area (Å²) in [6, 6.07) is 4.64. The minimum Gasteiger partial charge on any atom is -0.380 e. The molecule has 5 heteroatoms. The molecule has 0 atom stereocenters. The normalized spacial score (nSPS) is 17.1. The van der Waals surface area contributed by atoms with Crippen molar-refractivity contribution < 1.29 is 19.0 Å². The van der Waals surface area contributed by atoms with Crippen LogP contribution in [0.4, 0.5) is 4.39 Å². The van der Waals surface area contributed by atoms with Crippen LogP contribution in [-0.2, 0) is 22.7 Å². The first-order valence-corrected chi connectivity index (χ1v) is 6.82. The van der Waals surface area contributed by atoms with E-state index in [0.717, 1.165) is 18.4 Å². The van der Waals surface area contributed by atoms with E-state index in [2.05, 4.69) is 5.32 Å². The zero-order valence-corrected chi connectivity index (χ0v) is 11.6. The molecule has 1 amide bonds. The smallest absolute Gasteiger partial charge is 0.252 e. The first kappa shape index (κ1) is 14.9. The molecule has 1 aliphatic carbocycles. The van der Waals surface area contributed by atoms with Crippen molar-refractivity contribution in [3.05, 3.63) is 35.1 Å². The van der Waals surface area contributed by atoms with Crippen molar-refractivity contribution in [1.82, 2.24) is 5.32 Å². The number of hydrogen-bond acceptors (Lipinski definition) is 3. The molecular formula is C15H20FNO3. The van der Waals surface area contributed by atoms with Crippen LogP contribution in [0.25, 0.3) is 0 Å². The molecule has 0 aromatic heterocycles. The number of rotatable bonds is 5. The number of carbonyl (C=O) groups excluding carboxylic acids is 1. The summed E-state index contributed by atoms with van der Waals surface area (Å²) in [6.45, 7) is 0.468. The lowest BCUT2D eigenvalue weighted by molar-refractivity contribution is -0.139. The average molecular weight is 281 g/mol. The van der Waals surface area contributed by atoms with Gasteiger partial charge in [-0.05, 0) is 43.4 Å². The fourth-order valence-electron chi connectivity index (χ4n) is 2.54. The lowest BCUT2D eigenvalue weighted by atomic mass is 10.0. The Morgan fingerprint density at radius 3 is 2.80 bits per heavy atom. The van der Waals surface area contributed by atoms with Crippen molar-refractivity contribution in [3.63, 3.8) is 0 Å². The number of hydrogen-bond donors (Lipinski definition) is 2. The Bertz CT molecular complexity index is 484. The molecule has 1 aromatic rings.